The predicted molar refractivity (Wildman–Crippen MR) is 98.7 cm³/mol. The summed E-state index contributed by atoms with van der Waals surface area (Å²) >= 11 is 0. The maximum atomic E-state index is 13.9. The molecule has 0 heterocycles. The van der Waals surface area contributed by atoms with E-state index >= 15 is 0 Å². The van der Waals surface area contributed by atoms with Gasteiger partial charge < -0.3 is 14.6 Å². The van der Waals surface area contributed by atoms with E-state index in [2.05, 4.69) is 13.2 Å². The van der Waals surface area contributed by atoms with Crippen LogP contribution in [0.25, 0.3) is 0 Å². The lowest BCUT2D eigenvalue weighted by Gasteiger charge is -2.43. The topological polar surface area (TPSA) is 89.9 Å². The number of hydrogen-bond donors (Lipinski definition) is 1. The third-order valence-corrected chi connectivity index (χ3v) is 4.70. The lowest BCUT2D eigenvalue weighted by molar-refractivity contribution is -0.172. The zero-order chi connectivity index (χ0) is 20.9. The molecule has 0 aromatic heterocycles. The second kappa shape index (κ2) is 8.93. The Bertz CT molecular complexity index is 785. The Labute approximate surface area is 162 Å². The fourth-order valence-corrected chi connectivity index (χ4v) is 3.59. The Morgan fingerprint density at radius 1 is 1.25 bits per heavy atom. The second-order valence-electron chi connectivity index (χ2n) is 6.87. The fraction of sp³-hybridized carbons (Fsp3) is 0.381. The molecule has 2 rings (SSSR count). The number of benzene rings is 1. The average Bonchev–Trinajstić information content (AvgIpc) is 2.62. The number of esters is 2. The lowest BCUT2D eigenvalue weighted by atomic mass is 9.61. The van der Waals surface area contributed by atoms with Crippen LogP contribution in [0.1, 0.15) is 24.8 Å². The van der Waals surface area contributed by atoms with Crippen molar-refractivity contribution >= 4 is 17.7 Å². The number of carbonyl (C=O) groups excluding carboxylic acids is 3. The first-order valence-corrected chi connectivity index (χ1v) is 8.78. The Morgan fingerprint density at radius 3 is 2.43 bits per heavy atom. The average molecular weight is 390 g/mol. The normalized spacial score (nSPS) is 27.0. The van der Waals surface area contributed by atoms with Crippen LogP contribution in [-0.4, -0.2) is 41.6 Å². The van der Waals surface area contributed by atoms with E-state index in [1.807, 2.05) is 0 Å². The van der Waals surface area contributed by atoms with E-state index in [4.69, 9.17) is 9.47 Å². The minimum absolute atomic E-state index is 0.110. The van der Waals surface area contributed by atoms with Crippen LogP contribution >= 0.6 is 0 Å². The van der Waals surface area contributed by atoms with Gasteiger partial charge in [-0.2, -0.15) is 0 Å². The Hall–Kier alpha value is -2.80. The Morgan fingerprint density at radius 2 is 1.86 bits per heavy atom. The van der Waals surface area contributed by atoms with E-state index in [-0.39, 0.29) is 18.8 Å². The molecule has 7 heteroatoms. The minimum Gasteiger partial charge on any atom is -0.461 e. The van der Waals surface area contributed by atoms with Crippen LogP contribution in [0.15, 0.2) is 49.6 Å². The first-order valence-electron chi connectivity index (χ1n) is 8.78. The van der Waals surface area contributed by atoms with E-state index in [0.29, 0.717) is 0 Å². The molecule has 150 valence electrons. The summed E-state index contributed by atoms with van der Waals surface area (Å²) in [5.74, 6) is -6.70. The first kappa shape index (κ1) is 21.5. The molecule has 1 N–H and O–H groups in total. The lowest BCUT2D eigenvalue weighted by Crippen LogP contribution is -2.55. The summed E-state index contributed by atoms with van der Waals surface area (Å²) in [6.07, 6.45) is 2.25. The number of ketones is 1. The van der Waals surface area contributed by atoms with E-state index in [9.17, 15) is 23.9 Å². The maximum Gasteiger partial charge on any atom is 0.317 e. The summed E-state index contributed by atoms with van der Waals surface area (Å²) in [7, 11) is 0. The molecule has 1 saturated carbocycles. The molecule has 4 atom stereocenters. The second-order valence-corrected chi connectivity index (χ2v) is 6.87. The van der Waals surface area contributed by atoms with Crippen molar-refractivity contribution in [2.75, 3.05) is 13.2 Å². The molecular weight excluding hydrogens is 367 g/mol. The van der Waals surface area contributed by atoms with Crippen LogP contribution in [0, 0.1) is 17.7 Å². The van der Waals surface area contributed by atoms with E-state index in [1.165, 1.54) is 37.3 Å². The van der Waals surface area contributed by atoms with Gasteiger partial charge in [-0.15, -0.1) is 0 Å². The van der Waals surface area contributed by atoms with Gasteiger partial charge in [0, 0.05) is 12.3 Å². The molecule has 1 aliphatic carbocycles. The molecule has 1 aromatic rings. The third kappa shape index (κ3) is 4.54. The minimum atomic E-state index is -1.79. The zero-order valence-corrected chi connectivity index (χ0v) is 15.6. The van der Waals surface area contributed by atoms with Gasteiger partial charge in [-0.3, -0.25) is 14.4 Å². The van der Waals surface area contributed by atoms with Crippen LogP contribution < -0.4 is 0 Å². The number of Topliss-reactive ketones (excluding diaryl/α,β-unsaturated/α-hetero) is 1. The smallest absolute Gasteiger partial charge is 0.317 e. The van der Waals surface area contributed by atoms with Crippen molar-refractivity contribution in [3.05, 3.63) is 61.0 Å². The number of halogens is 1. The van der Waals surface area contributed by atoms with Crippen LogP contribution in [-0.2, 0) is 23.9 Å². The number of ether oxygens (including phenoxy) is 2. The van der Waals surface area contributed by atoms with Crippen molar-refractivity contribution in [3.63, 3.8) is 0 Å². The maximum absolute atomic E-state index is 13.9. The molecule has 0 spiro atoms. The third-order valence-electron chi connectivity index (χ3n) is 4.70. The van der Waals surface area contributed by atoms with Gasteiger partial charge in [0.05, 0.1) is 11.5 Å². The van der Waals surface area contributed by atoms with Crippen molar-refractivity contribution in [2.24, 2.45) is 11.8 Å². The molecule has 1 fully saturated rings. The van der Waals surface area contributed by atoms with E-state index in [1.54, 1.807) is 0 Å². The number of carbonyl (C=O) groups is 3. The van der Waals surface area contributed by atoms with Crippen LogP contribution in [0.3, 0.4) is 0 Å². The van der Waals surface area contributed by atoms with Gasteiger partial charge in [-0.05, 0) is 24.6 Å². The molecule has 1 aliphatic rings. The van der Waals surface area contributed by atoms with E-state index < -0.39 is 53.3 Å². The SMILES string of the molecule is C=CCOC(=O)[C@@H]1C(=O)C[C@](C)(O)[C@H](C(=O)OCC=C)[C@H]1c1cccc(F)c1. The fourth-order valence-electron chi connectivity index (χ4n) is 3.59. The van der Waals surface area contributed by atoms with Gasteiger partial charge in [0.1, 0.15) is 24.9 Å². The van der Waals surface area contributed by atoms with Crippen molar-refractivity contribution < 1.29 is 33.4 Å². The van der Waals surface area contributed by atoms with Gasteiger partial charge in [0.2, 0.25) is 0 Å². The monoisotopic (exact) mass is 390 g/mol. The highest BCUT2D eigenvalue weighted by Crippen LogP contribution is 2.46. The highest BCUT2D eigenvalue weighted by molar-refractivity contribution is 6.02. The summed E-state index contributed by atoms with van der Waals surface area (Å²) < 4.78 is 24.0. The van der Waals surface area contributed by atoms with Crippen molar-refractivity contribution in [1.82, 2.24) is 0 Å². The molecule has 28 heavy (non-hydrogen) atoms. The summed E-state index contributed by atoms with van der Waals surface area (Å²) in [5, 5.41) is 10.8. The van der Waals surface area contributed by atoms with Gasteiger partial charge >= 0.3 is 11.9 Å². The molecule has 6 nitrogen and oxygen atoms in total. The molecule has 0 aliphatic heterocycles. The van der Waals surface area contributed by atoms with Gasteiger partial charge in [0.15, 0.2) is 5.78 Å². The molecule has 0 bridgehead atoms. The zero-order valence-electron chi connectivity index (χ0n) is 15.6. The summed E-state index contributed by atoms with van der Waals surface area (Å²) in [4.78, 5) is 38.0. The highest BCUT2D eigenvalue weighted by Gasteiger charge is 2.57. The van der Waals surface area contributed by atoms with Gasteiger partial charge in [-0.1, -0.05) is 37.4 Å². The standard InChI is InChI=1S/C21H23FO6/c1-4-9-27-19(24)17-15(23)12-21(3,26)18(20(25)28-10-5-2)16(17)13-7-6-8-14(22)11-13/h4-8,11,16-18,26H,1-2,9-10,12H2,3H3/t16-,17+,18-,21-/m0/s1. The molecule has 0 unspecified atom stereocenters. The Balaban J connectivity index is 2.58. The molecule has 0 saturated heterocycles. The Kier molecular flexibility index (Phi) is 6.85. The molecular formula is C21H23FO6. The largest absolute Gasteiger partial charge is 0.461 e. The van der Waals surface area contributed by atoms with Gasteiger partial charge in [0.25, 0.3) is 0 Å². The van der Waals surface area contributed by atoms with Gasteiger partial charge in [-0.25, -0.2) is 4.39 Å². The molecule has 0 amide bonds. The van der Waals surface area contributed by atoms with Crippen LogP contribution in [0.5, 0.6) is 0 Å². The summed E-state index contributed by atoms with van der Waals surface area (Å²) in [6.45, 7) is 8.00. The number of rotatable bonds is 7. The van der Waals surface area contributed by atoms with Crippen molar-refractivity contribution in [2.45, 2.75) is 24.9 Å². The van der Waals surface area contributed by atoms with Crippen LogP contribution in [0.4, 0.5) is 4.39 Å². The number of hydrogen-bond acceptors (Lipinski definition) is 6. The van der Waals surface area contributed by atoms with Crippen molar-refractivity contribution in [1.29, 1.82) is 0 Å². The quantitative estimate of drug-likeness (QED) is 0.437. The molecule has 0 radical (unpaired) electrons. The summed E-state index contributed by atoms with van der Waals surface area (Å²) in [5.41, 5.74) is -1.57. The van der Waals surface area contributed by atoms with Crippen LogP contribution in [0.2, 0.25) is 0 Å². The van der Waals surface area contributed by atoms with Crippen molar-refractivity contribution in [3.8, 4) is 0 Å². The predicted octanol–water partition coefficient (Wildman–Crippen LogP) is 2.32. The summed E-state index contributed by atoms with van der Waals surface area (Å²) in [6, 6.07) is 5.21. The highest BCUT2D eigenvalue weighted by atomic mass is 19.1. The first-order chi connectivity index (χ1) is 13.2. The number of aliphatic hydroxyl groups is 1. The van der Waals surface area contributed by atoms with E-state index in [0.717, 1.165) is 6.07 Å². The molecule has 1 aromatic carbocycles.